The molecule has 3 aromatic rings. The van der Waals surface area contributed by atoms with E-state index < -0.39 is 5.97 Å². The summed E-state index contributed by atoms with van der Waals surface area (Å²) in [6.07, 6.45) is 5.79. The lowest BCUT2D eigenvalue weighted by molar-refractivity contribution is -0.135. The minimum absolute atomic E-state index is 0.0198. The number of aromatic carboxylic acids is 1. The van der Waals surface area contributed by atoms with Crippen LogP contribution in [0.5, 0.6) is 0 Å². The Balaban J connectivity index is 1.72. The molecule has 178 valence electrons. The van der Waals surface area contributed by atoms with Gasteiger partial charge in [0.1, 0.15) is 6.54 Å². The Morgan fingerprint density at radius 2 is 1.71 bits per heavy atom. The van der Waals surface area contributed by atoms with E-state index in [4.69, 9.17) is 16.3 Å². The maximum absolute atomic E-state index is 13.4. The molecule has 2 aromatic carbocycles. The maximum Gasteiger partial charge on any atom is 0.335 e. The number of carboxylic acid groups (broad SMARTS) is 1. The van der Waals surface area contributed by atoms with Crippen LogP contribution in [0.25, 0.3) is 22.2 Å². The van der Waals surface area contributed by atoms with Crippen LogP contribution in [-0.2, 0) is 16.1 Å². The van der Waals surface area contributed by atoms with Crippen LogP contribution in [0.1, 0.15) is 53.9 Å². The fourth-order valence-corrected chi connectivity index (χ4v) is 5.57. The molecule has 1 amide bonds. The third-order valence-corrected chi connectivity index (χ3v) is 7.39. The molecule has 5 rings (SSSR count). The van der Waals surface area contributed by atoms with Crippen molar-refractivity contribution in [2.24, 2.45) is 0 Å². The number of rotatable bonds is 5. The number of aromatic nitrogens is 1. The highest BCUT2D eigenvalue weighted by molar-refractivity contribution is 6.30. The van der Waals surface area contributed by atoms with Crippen LogP contribution in [0.2, 0.25) is 5.02 Å². The zero-order chi connectivity index (χ0) is 23.7. The number of halogens is 1. The zero-order valence-electron chi connectivity index (χ0n) is 19.1. The number of benzene rings is 2. The number of ether oxygens (including phenoxy) is 1. The average molecular weight is 481 g/mol. The number of amides is 1. The minimum atomic E-state index is -0.971. The summed E-state index contributed by atoms with van der Waals surface area (Å²) >= 11 is 6.20. The van der Waals surface area contributed by atoms with Gasteiger partial charge in [-0.1, -0.05) is 49.1 Å². The Morgan fingerprint density at radius 3 is 2.38 bits per heavy atom. The van der Waals surface area contributed by atoms with Crippen molar-refractivity contribution >= 4 is 34.4 Å². The van der Waals surface area contributed by atoms with Gasteiger partial charge in [0.25, 0.3) is 0 Å². The first-order valence-corrected chi connectivity index (χ1v) is 12.4. The van der Waals surface area contributed by atoms with Crippen LogP contribution >= 0.6 is 11.6 Å². The number of carbonyl (C=O) groups excluding carboxylic acids is 1. The quantitative estimate of drug-likeness (QED) is 0.518. The van der Waals surface area contributed by atoms with Crippen molar-refractivity contribution in [1.29, 1.82) is 0 Å². The molecule has 34 heavy (non-hydrogen) atoms. The molecule has 0 radical (unpaired) electrons. The van der Waals surface area contributed by atoms with Crippen molar-refractivity contribution in [3.63, 3.8) is 0 Å². The summed E-state index contributed by atoms with van der Waals surface area (Å²) in [6.45, 7) is 2.38. The maximum atomic E-state index is 13.4. The molecule has 2 fully saturated rings. The third-order valence-electron chi connectivity index (χ3n) is 7.14. The molecule has 1 saturated carbocycles. The highest BCUT2D eigenvalue weighted by Gasteiger charge is 2.28. The van der Waals surface area contributed by atoms with Crippen LogP contribution in [-0.4, -0.2) is 52.8 Å². The third kappa shape index (κ3) is 4.44. The molecular weight excluding hydrogens is 452 g/mol. The summed E-state index contributed by atoms with van der Waals surface area (Å²) < 4.78 is 7.46. The van der Waals surface area contributed by atoms with Crippen molar-refractivity contribution in [3.05, 3.63) is 58.6 Å². The van der Waals surface area contributed by atoms with E-state index in [9.17, 15) is 14.7 Å². The van der Waals surface area contributed by atoms with E-state index in [0.29, 0.717) is 37.2 Å². The van der Waals surface area contributed by atoms with Crippen LogP contribution in [0.3, 0.4) is 0 Å². The number of hydrogen-bond donors (Lipinski definition) is 1. The van der Waals surface area contributed by atoms with Crippen molar-refractivity contribution in [2.75, 3.05) is 26.3 Å². The first kappa shape index (κ1) is 22.9. The fourth-order valence-electron chi connectivity index (χ4n) is 5.45. The predicted molar refractivity (Wildman–Crippen MR) is 133 cm³/mol. The Bertz CT molecular complexity index is 1210. The molecular formula is C27H29ClN2O4. The fraction of sp³-hybridized carbons (Fsp3) is 0.407. The molecule has 7 heteroatoms. The van der Waals surface area contributed by atoms with Gasteiger partial charge in [-0.05, 0) is 54.2 Å². The molecule has 6 nitrogen and oxygen atoms in total. The molecule has 0 atom stereocenters. The summed E-state index contributed by atoms with van der Waals surface area (Å²) in [5, 5.41) is 11.4. The Morgan fingerprint density at radius 1 is 1.00 bits per heavy atom. The Kier molecular flexibility index (Phi) is 6.61. The van der Waals surface area contributed by atoms with Gasteiger partial charge in [0.2, 0.25) is 5.91 Å². The normalized spacial score (nSPS) is 17.3. The summed E-state index contributed by atoms with van der Waals surface area (Å²) in [4.78, 5) is 27.0. The van der Waals surface area contributed by atoms with E-state index >= 15 is 0 Å². The van der Waals surface area contributed by atoms with E-state index in [1.807, 2.05) is 39.8 Å². The van der Waals surface area contributed by atoms with Crippen LogP contribution in [0.4, 0.5) is 0 Å². The number of hydrogen-bond acceptors (Lipinski definition) is 3. The Hall–Kier alpha value is -2.83. The topological polar surface area (TPSA) is 71.8 Å². The predicted octanol–water partition coefficient (Wildman–Crippen LogP) is 5.57. The van der Waals surface area contributed by atoms with Gasteiger partial charge >= 0.3 is 5.97 Å². The molecule has 0 spiro atoms. The number of carbonyl (C=O) groups is 2. The van der Waals surface area contributed by atoms with Gasteiger partial charge in [-0.15, -0.1) is 0 Å². The molecule has 1 aliphatic carbocycles. The number of carboxylic acids is 1. The standard InChI is InChI=1S/C27H29ClN2O4/c28-21-9-6-19(7-10-21)26-25(18-4-2-1-3-5-18)22-11-8-20(27(32)33)16-23(22)30(26)17-24(31)29-12-14-34-15-13-29/h6-11,16,18H,1-5,12-15,17H2,(H,32,33). The molecule has 2 heterocycles. The second-order valence-corrected chi connectivity index (χ2v) is 9.66. The Labute approximate surface area is 204 Å². The summed E-state index contributed by atoms with van der Waals surface area (Å²) in [6, 6.07) is 13.1. The largest absolute Gasteiger partial charge is 0.478 e. The monoisotopic (exact) mass is 480 g/mol. The molecule has 2 aliphatic rings. The van der Waals surface area contributed by atoms with Gasteiger partial charge < -0.3 is 19.3 Å². The highest BCUT2D eigenvalue weighted by atomic mass is 35.5. The molecule has 0 bridgehead atoms. The van der Waals surface area contributed by atoms with Crippen molar-refractivity contribution in [3.8, 4) is 11.3 Å². The first-order chi connectivity index (χ1) is 16.5. The zero-order valence-corrected chi connectivity index (χ0v) is 19.9. The van der Waals surface area contributed by atoms with Gasteiger partial charge in [-0.2, -0.15) is 0 Å². The van der Waals surface area contributed by atoms with E-state index in [0.717, 1.165) is 35.0 Å². The average Bonchev–Trinajstić information content (AvgIpc) is 3.18. The molecule has 1 N–H and O–H groups in total. The second-order valence-electron chi connectivity index (χ2n) is 9.22. The minimum Gasteiger partial charge on any atom is -0.478 e. The van der Waals surface area contributed by atoms with Crippen LogP contribution in [0.15, 0.2) is 42.5 Å². The lowest BCUT2D eigenvalue weighted by atomic mass is 9.82. The van der Waals surface area contributed by atoms with E-state index in [1.54, 1.807) is 12.1 Å². The molecule has 1 aliphatic heterocycles. The van der Waals surface area contributed by atoms with Crippen LogP contribution < -0.4 is 0 Å². The number of nitrogens with zero attached hydrogens (tertiary/aromatic N) is 2. The van der Waals surface area contributed by atoms with E-state index in [-0.39, 0.29) is 18.0 Å². The van der Waals surface area contributed by atoms with E-state index in [1.165, 1.54) is 24.8 Å². The highest BCUT2D eigenvalue weighted by Crippen LogP contribution is 2.44. The number of fused-ring (bicyclic) bond motifs is 1. The molecule has 1 saturated heterocycles. The van der Waals surface area contributed by atoms with Crippen molar-refractivity contribution in [1.82, 2.24) is 9.47 Å². The molecule has 0 unspecified atom stereocenters. The lowest BCUT2D eigenvalue weighted by Crippen LogP contribution is -2.42. The summed E-state index contributed by atoms with van der Waals surface area (Å²) in [5.74, 6) is -0.579. The summed E-state index contributed by atoms with van der Waals surface area (Å²) in [5.41, 5.74) is 4.24. The van der Waals surface area contributed by atoms with Gasteiger partial charge in [-0.3, -0.25) is 4.79 Å². The smallest absolute Gasteiger partial charge is 0.335 e. The molecule has 1 aromatic heterocycles. The SMILES string of the molecule is O=C(O)c1ccc2c(C3CCCCC3)c(-c3ccc(Cl)cc3)n(CC(=O)N3CCOCC3)c2c1. The van der Waals surface area contributed by atoms with Gasteiger partial charge in [-0.25, -0.2) is 4.79 Å². The summed E-state index contributed by atoms with van der Waals surface area (Å²) in [7, 11) is 0. The number of morpholine rings is 1. The van der Waals surface area contributed by atoms with Gasteiger partial charge in [0.05, 0.1) is 30.0 Å². The van der Waals surface area contributed by atoms with Gasteiger partial charge in [0, 0.05) is 23.5 Å². The van der Waals surface area contributed by atoms with E-state index in [2.05, 4.69) is 0 Å². The van der Waals surface area contributed by atoms with Gasteiger partial charge in [0.15, 0.2) is 0 Å². The van der Waals surface area contributed by atoms with Crippen LogP contribution in [0, 0.1) is 0 Å². The lowest BCUT2D eigenvalue weighted by Gasteiger charge is -2.28. The van der Waals surface area contributed by atoms with Crippen molar-refractivity contribution < 1.29 is 19.4 Å². The van der Waals surface area contributed by atoms with Crippen molar-refractivity contribution in [2.45, 2.75) is 44.6 Å². The first-order valence-electron chi connectivity index (χ1n) is 12.0. The second kappa shape index (κ2) is 9.80.